The molecule has 3 heteroatoms. The van der Waals surface area contributed by atoms with Crippen LogP contribution < -0.4 is 5.46 Å². The third-order valence-electron chi connectivity index (χ3n) is 1.98. The molecule has 0 aromatic heterocycles. The summed E-state index contributed by atoms with van der Waals surface area (Å²) in [5.74, 6) is -0.273. The maximum absolute atomic E-state index is 11.0. The lowest BCUT2D eigenvalue weighted by atomic mass is 9.94. The van der Waals surface area contributed by atoms with E-state index in [2.05, 4.69) is 20.0 Å². The van der Waals surface area contributed by atoms with E-state index in [0.29, 0.717) is 6.61 Å². The number of carbonyl (C=O) groups is 1. The van der Waals surface area contributed by atoms with E-state index < -0.39 is 0 Å². The Morgan fingerprint density at radius 3 is 3.00 bits per heavy atom. The van der Waals surface area contributed by atoms with Crippen molar-refractivity contribution in [2.75, 3.05) is 6.61 Å². The predicted molar refractivity (Wildman–Crippen MR) is 64.1 cm³/mol. The maximum atomic E-state index is 11.0. The SMILES string of the molecule is Bc1cccc(C/C=C/C(=O)OCC)c1. The molecule has 2 nitrogen and oxygen atoms in total. The molecular weight excluding hydrogens is 187 g/mol. The fraction of sp³-hybridized carbons (Fsp3) is 0.250. The smallest absolute Gasteiger partial charge is 0.330 e. The molecule has 0 amide bonds. The summed E-state index contributed by atoms with van der Waals surface area (Å²) < 4.78 is 4.78. The van der Waals surface area contributed by atoms with E-state index in [-0.39, 0.29) is 5.97 Å². The minimum absolute atomic E-state index is 0.273. The molecule has 1 aromatic carbocycles. The summed E-state index contributed by atoms with van der Waals surface area (Å²) in [7, 11) is 2.05. The van der Waals surface area contributed by atoms with Crippen molar-refractivity contribution >= 4 is 19.3 Å². The molecule has 0 saturated heterocycles. The molecule has 78 valence electrons. The van der Waals surface area contributed by atoms with Crippen molar-refractivity contribution in [2.24, 2.45) is 0 Å². The van der Waals surface area contributed by atoms with Crippen LogP contribution >= 0.6 is 0 Å². The van der Waals surface area contributed by atoms with Gasteiger partial charge in [-0.2, -0.15) is 0 Å². The molecule has 0 unspecified atom stereocenters. The zero-order valence-corrected chi connectivity index (χ0v) is 9.19. The molecule has 0 fully saturated rings. The second-order valence-corrected chi connectivity index (χ2v) is 3.35. The van der Waals surface area contributed by atoms with Crippen molar-refractivity contribution in [2.45, 2.75) is 13.3 Å². The highest BCUT2D eigenvalue weighted by molar-refractivity contribution is 6.32. The van der Waals surface area contributed by atoms with Gasteiger partial charge in [-0.05, 0) is 18.9 Å². The number of esters is 1. The second-order valence-electron chi connectivity index (χ2n) is 3.35. The molecular formula is C12H15BO2. The number of hydrogen-bond donors (Lipinski definition) is 0. The fourth-order valence-electron chi connectivity index (χ4n) is 1.32. The Kier molecular flexibility index (Phi) is 4.68. The van der Waals surface area contributed by atoms with E-state index in [0.717, 1.165) is 6.42 Å². The van der Waals surface area contributed by atoms with Gasteiger partial charge in [0.15, 0.2) is 0 Å². The Bertz CT molecular complexity index is 358. The third-order valence-corrected chi connectivity index (χ3v) is 1.98. The van der Waals surface area contributed by atoms with Crippen LogP contribution in [0.15, 0.2) is 36.4 Å². The molecule has 1 aromatic rings. The molecule has 0 aliphatic rings. The molecule has 15 heavy (non-hydrogen) atoms. The molecule has 0 saturated carbocycles. The maximum Gasteiger partial charge on any atom is 0.330 e. The lowest BCUT2D eigenvalue weighted by Crippen LogP contribution is -2.02. The lowest BCUT2D eigenvalue weighted by molar-refractivity contribution is -0.137. The van der Waals surface area contributed by atoms with E-state index in [1.54, 1.807) is 6.92 Å². The highest BCUT2D eigenvalue weighted by Crippen LogP contribution is 1.98. The van der Waals surface area contributed by atoms with Crippen molar-refractivity contribution in [1.29, 1.82) is 0 Å². The van der Waals surface area contributed by atoms with Gasteiger partial charge in [-0.3, -0.25) is 0 Å². The van der Waals surface area contributed by atoms with Crippen molar-refractivity contribution in [3.63, 3.8) is 0 Å². The summed E-state index contributed by atoms with van der Waals surface area (Å²) in [6.07, 6.45) is 4.07. The minimum Gasteiger partial charge on any atom is -0.463 e. The molecule has 0 aliphatic carbocycles. The summed E-state index contributed by atoms with van der Waals surface area (Å²) in [6, 6.07) is 8.22. The van der Waals surface area contributed by atoms with Crippen molar-refractivity contribution in [1.82, 2.24) is 0 Å². The van der Waals surface area contributed by atoms with Crippen LogP contribution in [0, 0.1) is 0 Å². The van der Waals surface area contributed by atoms with Crippen LogP contribution in [0.4, 0.5) is 0 Å². The van der Waals surface area contributed by atoms with Crippen molar-refractivity contribution in [3.8, 4) is 0 Å². The number of hydrogen-bond acceptors (Lipinski definition) is 2. The van der Waals surface area contributed by atoms with Gasteiger partial charge in [0, 0.05) is 6.08 Å². The largest absolute Gasteiger partial charge is 0.463 e. The molecule has 0 bridgehead atoms. The van der Waals surface area contributed by atoms with E-state index in [1.165, 1.54) is 17.1 Å². The molecule has 0 heterocycles. The van der Waals surface area contributed by atoms with Gasteiger partial charge in [-0.15, -0.1) is 0 Å². The van der Waals surface area contributed by atoms with Gasteiger partial charge in [0.25, 0.3) is 0 Å². The van der Waals surface area contributed by atoms with E-state index in [4.69, 9.17) is 4.74 Å². The minimum atomic E-state index is -0.273. The summed E-state index contributed by atoms with van der Waals surface area (Å²) in [4.78, 5) is 11.0. The zero-order chi connectivity index (χ0) is 11.1. The Hall–Kier alpha value is -1.51. The zero-order valence-electron chi connectivity index (χ0n) is 9.19. The lowest BCUT2D eigenvalue weighted by Gasteiger charge is -1.98. The van der Waals surface area contributed by atoms with Crippen LogP contribution in [0.1, 0.15) is 12.5 Å². The standard InChI is InChI=1S/C12H15BO2/c1-2-15-12(14)8-4-6-10-5-3-7-11(13)9-10/h3-5,7-9H,2,6,13H2,1H3/b8-4+. The number of carbonyl (C=O) groups excluding carboxylic acids is 1. The van der Waals surface area contributed by atoms with Gasteiger partial charge >= 0.3 is 5.97 Å². The molecule has 0 aliphatic heterocycles. The van der Waals surface area contributed by atoms with Crippen LogP contribution in [0.5, 0.6) is 0 Å². The predicted octanol–water partition coefficient (Wildman–Crippen LogP) is 0.607. The van der Waals surface area contributed by atoms with Gasteiger partial charge in [0.2, 0.25) is 0 Å². The second kappa shape index (κ2) is 6.07. The van der Waals surface area contributed by atoms with Gasteiger partial charge < -0.3 is 4.74 Å². The quantitative estimate of drug-likeness (QED) is 0.406. The Morgan fingerprint density at radius 2 is 2.33 bits per heavy atom. The molecule has 0 radical (unpaired) electrons. The van der Waals surface area contributed by atoms with E-state index in [1.807, 2.05) is 18.2 Å². The van der Waals surface area contributed by atoms with Gasteiger partial charge in [0.05, 0.1) is 6.61 Å². The third kappa shape index (κ3) is 4.50. The Balaban J connectivity index is 2.46. The van der Waals surface area contributed by atoms with Crippen LogP contribution in [-0.2, 0) is 16.0 Å². The monoisotopic (exact) mass is 202 g/mol. The highest BCUT2D eigenvalue weighted by Gasteiger charge is 1.93. The molecule has 0 spiro atoms. The average molecular weight is 202 g/mol. The summed E-state index contributed by atoms with van der Waals surface area (Å²) in [6.45, 7) is 2.22. The summed E-state index contributed by atoms with van der Waals surface area (Å²) >= 11 is 0. The van der Waals surface area contributed by atoms with E-state index >= 15 is 0 Å². The first kappa shape index (κ1) is 11.6. The molecule has 0 atom stereocenters. The fourth-order valence-corrected chi connectivity index (χ4v) is 1.32. The highest BCUT2D eigenvalue weighted by atomic mass is 16.5. The van der Waals surface area contributed by atoms with Crippen molar-refractivity contribution in [3.05, 3.63) is 42.0 Å². The first-order valence-corrected chi connectivity index (χ1v) is 5.11. The first-order chi connectivity index (χ1) is 7.22. The van der Waals surface area contributed by atoms with Gasteiger partial charge in [0.1, 0.15) is 7.85 Å². The normalized spacial score (nSPS) is 10.5. The van der Waals surface area contributed by atoms with Gasteiger partial charge in [-0.25, -0.2) is 4.79 Å². The summed E-state index contributed by atoms with van der Waals surface area (Å²) in [5.41, 5.74) is 2.44. The topological polar surface area (TPSA) is 26.3 Å². The number of rotatable bonds is 4. The Labute approximate surface area is 91.4 Å². The molecule has 0 N–H and O–H groups in total. The van der Waals surface area contributed by atoms with Crippen LogP contribution in [0.25, 0.3) is 0 Å². The van der Waals surface area contributed by atoms with E-state index in [9.17, 15) is 4.79 Å². The number of ether oxygens (including phenoxy) is 1. The van der Waals surface area contributed by atoms with Crippen molar-refractivity contribution < 1.29 is 9.53 Å². The Morgan fingerprint density at radius 1 is 1.53 bits per heavy atom. The number of benzene rings is 1. The molecule has 1 rings (SSSR count). The summed E-state index contributed by atoms with van der Waals surface area (Å²) in [5, 5.41) is 0. The van der Waals surface area contributed by atoms with Gasteiger partial charge in [-0.1, -0.05) is 35.8 Å². The first-order valence-electron chi connectivity index (χ1n) is 5.11. The van der Waals surface area contributed by atoms with Crippen LogP contribution in [0.2, 0.25) is 0 Å². The van der Waals surface area contributed by atoms with Crippen LogP contribution in [-0.4, -0.2) is 20.4 Å². The average Bonchev–Trinajstić information content (AvgIpc) is 2.18. The number of allylic oxidation sites excluding steroid dienone is 1. The van der Waals surface area contributed by atoms with Crippen LogP contribution in [0.3, 0.4) is 0 Å².